The Morgan fingerprint density at radius 2 is 1.47 bits per heavy atom. The lowest BCUT2D eigenvalue weighted by atomic mass is 9.88. The third kappa shape index (κ3) is 5.65. The van der Waals surface area contributed by atoms with Crippen molar-refractivity contribution in [2.24, 2.45) is 17.6 Å². The van der Waals surface area contributed by atoms with Gasteiger partial charge in [-0.2, -0.15) is 11.8 Å². The van der Waals surface area contributed by atoms with Crippen molar-refractivity contribution >= 4 is 11.8 Å². The van der Waals surface area contributed by atoms with Crippen molar-refractivity contribution in [2.45, 2.75) is 58.9 Å². The van der Waals surface area contributed by atoms with Gasteiger partial charge in [-0.25, -0.2) is 0 Å². The first-order valence-corrected chi connectivity index (χ1v) is 9.18. The molecular weight excluding hydrogens is 252 g/mol. The highest BCUT2D eigenvalue weighted by atomic mass is 32.2. The molecule has 2 N–H and O–H groups in total. The highest BCUT2D eigenvalue weighted by Gasteiger charge is 2.36. The summed E-state index contributed by atoms with van der Waals surface area (Å²) in [5.74, 6) is 4.15. The van der Waals surface area contributed by atoms with E-state index in [-0.39, 0.29) is 0 Å². The summed E-state index contributed by atoms with van der Waals surface area (Å²) in [7, 11) is 0. The van der Waals surface area contributed by atoms with Crippen LogP contribution in [0.25, 0.3) is 0 Å². The second-order valence-corrected chi connectivity index (χ2v) is 8.12. The Morgan fingerprint density at radius 1 is 1.00 bits per heavy atom. The molecule has 114 valence electrons. The van der Waals surface area contributed by atoms with E-state index in [9.17, 15) is 0 Å². The van der Waals surface area contributed by atoms with Crippen molar-refractivity contribution in [2.75, 3.05) is 31.1 Å². The monoisotopic (exact) mass is 286 g/mol. The standard InChI is InChI=1S/C16H34N2S/c1-14(2)5-9-18(10-6-15(3)4)16(13-17)7-11-19-12-8-16/h14-15H,5-13,17H2,1-4H3. The lowest BCUT2D eigenvalue weighted by molar-refractivity contribution is 0.0741. The van der Waals surface area contributed by atoms with Gasteiger partial charge in [-0.1, -0.05) is 27.7 Å². The first-order chi connectivity index (χ1) is 9.00. The smallest absolute Gasteiger partial charge is 0.0347 e. The molecule has 0 bridgehead atoms. The highest BCUT2D eigenvalue weighted by molar-refractivity contribution is 7.99. The maximum Gasteiger partial charge on any atom is 0.0347 e. The van der Waals surface area contributed by atoms with Crippen LogP contribution in [0.5, 0.6) is 0 Å². The molecule has 3 heteroatoms. The van der Waals surface area contributed by atoms with Gasteiger partial charge in [0, 0.05) is 12.1 Å². The summed E-state index contributed by atoms with van der Waals surface area (Å²) < 4.78 is 0. The van der Waals surface area contributed by atoms with Crippen LogP contribution in [0.4, 0.5) is 0 Å². The zero-order valence-electron chi connectivity index (χ0n) is 13.5. The Bertz CT molecular complexity index is 223. The van der Waals surface area contributed by atoms with Crippen molar-refractivity contribution in [1.29, 1.82) is 0 Å². The first-order valence-electron chi connectivity index (χ1n) is 8.03. The largest absolute Gasteiger partial charge is 0.329 e. The summed E-state index contributed by atoms with van der Waals surface area (Å²) in [5.41, 5.74) is 6.50. The second-order valence-electron chi connectivity index (χ2n) is 6.89. The van der Waals surface area contributed by atoms with E-state index in [2.05, 4.69) is 44.4 Å². The van der Waals surface area contributed by atoms with E-state index in [0.29, 0.717) is 5.54 Å². The lowest BCUT2D eigenvalue weighted by Crippen LogP contribution is -2.56. The van der Waals surface area contributed by atoms with Crippen LogP contribution >= 0.6 is 11.8 Å². The van der Waals surface area contributed by atoms with Gasteiger partial charge in [0.25, 0.3) is 0 Å². The molecule has 19 heavy (non-hydrogen) atoms. The molecule has 0 aromatic rings. The molecule has 0 spiro atoms. The predicted molar refractivity (Wildman–Crippen MR) is 88.8 cm³/mol. The Morgan fingerprint density at radius 3 is 1.84 bits per heavy atom. The number of thioether (sulfide) groups is 1. The fourth-order valence-electron chi connectivity index (χ4n) is 2.82. The number of rotatable bonds is 8. The molecular formula is C16H34N2S. The summed E-state index contributed by atoms with van der Waals surface area (Å²) >= 11 is 2.10. The lowest BCUT2D eigenvalue weighted by Gasteiger charge is -2.46. The average molecular weight is 287 g/mol. The van der Waals surface area contributed by atoms with Gasteiger partial charge < -0.3 is 5.73 Å². The van der Waals surface area contributed by atoms with Gasteiger partial charge in [-0.05, 0) is 62.1 Å². The van der Waals surface area contributed by atoms with E-state index in [1.807, 2.05) is 0 Å². The summed E-state index contributed by atoms with van der Waals surface area (Å²) in [6.07, 6.45) is 5.16. The van der Waals surface area contributed by atoms with Crippen molar-refractivity contribution in [3.05, 3.63) is 0 Å². The number of hydrogen-bond acceptors (Lipinski definition) is 3. The molecule has 2 nitrogen and oxygen atoms in total. The zero-order valence-corrected chi connectivity index (χ0v) is 14.3. The average Bonchev–Trinajstić information content (AvgIpc) is 2.39. The van der Waals surface area contributed by atoms with E-state index in [0.717, 1.165) is 18.4 Å². The fraction of sp³-hybridized carbons (Fsp3) is 1.00. The molecule has 0 aromatic carbocycles. The van der Waals surface area contributed by atoms with Gasteiger partial charge in [0.1, 0.15) is 0 Å². The third-order valence-electron chi connectivity index (χ3n) is 4.43. The van der Waals surface area contributed by atoms with Crippen LogP contribution in [0.2, 0.25) is 0 Å². The topological polar surface area (TPSA) is 29.3 Å². The Balaban J connectivity index is 2.67. The van der Waals surface area contributed by atoms with Gasteiger partial charge >= 0.3 is 0 Å². The number of nitrogens with zero attached hydrogens (tertiary/aromatic N) is 1. The molecule has 0 radical (unpaired) electrons. The van der Waals surface area contributed by atoms with Gasteiger partial charge in [-0.15, -0.1) is 0 Å². The molecule has 1 aliphatic heterocycles. The van der Waals surface area contributed by atoms with E-state index >= 15 is 0 Å². The minimum atomic E-state index is 0.301. The van der Waals surface area contributed by atoms with Crippen LogP contribution in [0.1, 0.15) is 53.4 Å². The van der Waals surface area contributed by atoms with Crippen LogP contribution in [0.3, 0.4) is 0 Å². The van der Waals surface area contributed by atoms with E-state index in [1.165, 1.54) is 50.3 Å². The molecule has 1 rings (SSSR count). The van der Waals surface area contributed by atoms with Gasteiger partial charge in [0.15, 0.2) is 0 Å². The fourth-order valence-corrected chi connectivity index (χ4v) is 4.07. The Kier molecular flexibility index (Phi) is 7.78. The minimum absolute atomic E-state index is 0.301. The summed E-state index contributed by atoms with van der Waals surface area (Å²) in [6, 6.07) is 0. The zero-order chi connectivity index (χ0) is 14.3. The summed E-state index contributed by atoms with van der Waals surface area (Å²) in [6.45, 7) is 12.6. The third-order valence-corrected chi connectivity index (χ3v) is 5.41. The normalized spacial score (nSPS) is 19.6. The molecule has 0 amide bonds. The Hall–Kier alpha value is 0.270. The van der Waals surface area contributed by atoms with E-state index in [4.69, 9.17) is 5.73 Å². The number of hydrogen-bond donors (Lipinski definition) is 1. The quantitative estimate of drug-likeness (QED) is 0.739. The maximum atomic E-state index is 6.20. The minimum Gasteiger partial charge on any atom is -0.329 e. The molecule has 1 heterocycles. The highest BCUT2D eigenvalue weighted by Crippen LogP contribution is 2.32. The summed E-state index contributed by atoms with van der Waals surface area (Å²) in [5, 5.41) is 0. The second kappa shape index (κ2) is 8.53. The van der Waals surface area contributed by atoms with Crippen molar-refractivity contribution < 1.29 is 0 Å². The Labute approximate surface area is 124 Å². The van der Waals surface area contributed by atoms with Crippen LogP contribution in [-0.4, -0.2) is 41.6 Å². The maximum absolute atomic E-state index is 6.20. The first kappa shape index (κ1) is 17.3. The van der Waals surface area contributed by atoms with Crippen molar-refractivity contribution in [3.8, 4) is 0 Å². The van der Waals surface area contributed by atoms with E-state index in [1.54, 1.807) is 0 Å². The SMILES string of the molecule is CC(C)CCN(CCC(C)C)C1(CN)CCSCC1. The molecule has 0 atom stereocenters. The van der Waals surface area contributed by atoms with Crippen LogP contribution in [0, 0.1) is 11.8 Å². The molecule has 1 saturated heterocycles. The van der Waals surface area contributed by atoms with E-state index < -0.39 is 0 Å². The van der Waals surface area contributed by atoms with Gasteiger partial charge in [0.2, 0.25) is 0 Å². The molecule has 1 fully saturated rings. The molecule has 0 aromatic heterocycles. The molecule has 0 aliphatic carbocycles. The van der Waals surface area contributed by atoms with Gasteiger partial charge in [0.05, 0.1) is 0 Å². The molecule has 1 aliphatic rings. The molecule has 0 unspecified atom stereocenters. The van der Waals surface area contributed by atoms with Crippen molar-refractivity contribution in [3.63, 3.8) is 0 Å². The van der Waals surface area contributed by atoms with Crippen LogP contribution in [-0.2, 0) is 0 Å². The number of nitrogens with two attached hydrogens (primary N) is 1. The van der Waals surface area contributed by atoms with Crippen LogP contribution < -0.4 is 5.73 Å². The van der Waals surface area contributed by atoms with Gasteiger partial charge in [-0.3, -0.25) is 4.90 Å². The van der Waals surface area contributed by atoms with Crippen molar-refractivity contribution in [1.82, 2.24) is 4.90 Å². The van der Waals surface area contributed by atoms with Crippen LogP contribution in [0.15, 0.2) is 0 Å². The predicted octanol–water partition coefficient (Wildman–Crippen LogP) is 3.61. The molecule has 0 saturated carbocycles. The summed E-state index contributed by atoms with van der Waals surface area (Å²) in [4.78, 5) is 2.74.